The lowest BCUT2D eigenvalue weighted by molar-refractivity contribution is -0.135. The quantitative estimate of drug-likeness (QED) is 0.0159. The SMILES string of the molecule is Cl.NC(=O)[C@@H](CCCN=C(N)N)NC(=O)[C@@H](CCCN=C(N)N)NC(=O)[C@@H](CCCN=C(N)N)NC(=O)[C@@H](CCCN=C(N)N)NC(=O)[C@@H](CCCN=C(N)N)NC(=O)[C@H](N)CCCN=C(N)N. The van der Waals surface area contributed by atoms with Gasteiger partial charge in [0.2, 0.25) is 35.4 Å². The summed E-state index contributed by atoms with van der Waals surface area (Å²) in [5, 5.41) is 13.1. The van der Waals surface area contributed by atoms with E-state index >= 15 is 0 Å². The van der Waals surface area contributed by atoms with Crippen LogP contribution in [0.25, 0.3) is 0 Å². The Kier molecular flexibility index (Phi) is 33.1. The first kappa shape index (κ1) is 62.8. The molecule has 6 atom stereocenters. The van der Waals surface area contributed by atoms with E-state index in [0.29, 0.717) is 6.42 Å². The van der Waals surface area contributed by atoms with Gasteiger partial charge in [-0.3, -0.25) is 58.7 Å². The molecule has 0 aliphatic rings. The van der Waals surface area contributed by atoms with E-state index in [1.807, 2.05) is 0 Å². The number of hydrogen-bond donors (Lipinski definition) is 19. The Labute approximate surface area is 401 Å². The third kappa shape index (κ3) is 31.5. The largest absolute Gasteiger partial charge is 0.370 e. The van der Waals surface area contributed by atoms with Gasteiger partial charge in [0.1, 0.15) is 30.2 Å². The fourth-order valence-electron chi connectivity index (χ4n) is 5.90. The van der Waals surface area contributed by atoms with Crippen molar-refractivity contribution >= 4 is 83.6 Å². The number of carbonyl (C=O) groups excluding carboxylic acids is 6. The lowest BCUT2D eigenvalue weighted by Gasteiger charge is -2.27. The molecule has 0 spiro atoms. The number of hydrogen-bond acceptors (Lipinski definition) is 13. The summed E-state index contributed by atoms with van der Waals surface area (Å²) in [7, 11) is 0. The number of guanidine groups is 6. The molecule has 0 aromatic carbocycles. The first-order valence-corrected chi connectivity index (χ1v) is 21.4. The molecule has 0 saturated heterocycles. The molecule has 0 fully saturated rings. The topological polar surface area (TPSA) is 601 Å². The van der Waals surface area contributed by atoms with Gasteiger partial charge in [-0.25, -0.2) is 0 Å². The van der Waals surface area contributed by atoms with Crippen LogP contribution in [0.2, 0.25) is 0 Å². The maximum Gasteiger partial charge on any atom is 0.243 e. The minimum atomic E-state index is -1.37. The molecule has 0 aromatic heterocycles. The van der Waals surface area contributed by atoms with Gasteiger partial charge in [0.15, 0.2) is 35.8 Å². The standard InChI is InChI=1S/C36H75N25O6.ClH/c37-19(7-1-13-51-31(39)40)26(63)58-21(9-3-15-53-33(43)44)28(65)60-23(11-5-17-55-35(47)48)30(67)61-24(12-6-18-56-36(49)50)29(66)59-22(10-4-16-54-34(45)46)27(64)57-20(25(38)62)8-2-14-52-32(41)42;/h19-24H,1-18,37H2,(H2,38,62)(H,57,64)(H,58,63)(H,59,66)(H,60,65)(H,61,67)(H4,39,40,51)(H4,41,42,52)(H4,43,44,53)(H4,45,46,54)(H4,47,48,55)(H4,49,50,56);1H/t19-,20-,21-,22-,23-,24-;/m1./s1. The average Bonchev–Trinajstić information content (AvgIpc) is 3.23. The molecule has 0 radical (unpaired) electrons. The Hall–Kier alpha value is -7.31. The number of rotatable bonds is 35. The van der Waals surface area contributed by atoms with Crippen molar-refractivity contribution in [3.05, 3.63) is 0 Å². The predicted molar refractivity (Wildman–Crippen MR) is 264 cm³/mol. The first-order chi connectivity index (χ1) is 31.5. The summed E-state index contributed by atoms with van der Waals surface area (Å²) < 4.78 is 0. The summed E-state index contributed by atoms with van der Waals surface area (Å²) in [5.74, 6) is -5.93. The van der Waals surface area contributed by atoms with Crippen molar-refractivity contribution in [3.63, 3.8) is 0 Å². The fourth-order valence-corrected chi connectivity index (χ4v) is 5.90. The van der Waals surface area contributed by atoms with Gasteiger partial charge >= 0.3 is 0 Å². The van der Waals surface area contributed by atoms with Crippen LogP contribution in [-0.2, 0) is 28.8 Å². The van der Waals surface area contributed by atoms with E-state index in [9.17, 15) is 28.8 Å². The Balaban J connectivity index is 0. The van der Waals surface area contributed by atoms with E-state index in [-0.39, 0.29) is 158 Å². The van der Waals surface area contributed by atoms with Crippen molar-refractivity contribution in [1.29, 1.82) is 0 Å². The number of nitrogens with one attached hydrogen (secondary N) is 5. The van der Waals surface area contributed by atoms with Crippen molar-refractivity contribution in [2.75, 3.05) is 39.3 Å². The molecule has 0 aromatic rings. The molecule has 0 saturated carbocycles. The normalized spacial score (nSPS) is 13.0. The molecule has 32 heteroatoms. The van der Waals surface area contributed by atoms with Gasteiger partial charge in [0.05, 0.1) is 6.04 Å². The van der Waals surface area contributed by atoms with Gasteiger partial charge < -0.3 is 107 Å². The molecule has 68 heavy (non-hydrogen) atoms. The van der Waals surface area contributed by atoms with Crippen molar-refractivity contribution in [1.82, 2.24) is 26.6 Å². The van der Waals surface area contributed by atoms with Crippen molar-refractivity contribution in [3.8, 4) is 0 Å². The minimum absolute atomic E-state index is 0. The fraction of sp³-hybridized carbons (Fsp3) is 0.667. The van der Waals surface area contributed by atoms with E-state index in [4.69, 9.17) is 80.3 Å². The van der Waals surface area contributed by atoms with E-state index < -0.39 is 71.7 Å². The van der Waals surface area contributed by atoms with Crippen LogP contribution in [0.3, 0.4) is 0 Å². The summed E-state index contributed by atoms with van der Waals surface area (Å²) in [6, 6.07) is -7.52. The molecule has 33 N–H and O–H groups in total. The van der Waals surface area contributed by atoms with Gasteiger partial charge in [-0.2, -0.15) is 0 Å². The Morgan fingerprint density at radius 3 is 0.721 bits per heavy atom. The molecule has 0 aliphatic heterocycles. The highest BCUT2D eigenvalue weighted by molar-refractivity contribution is 5.96. The lowest BCUT2D eigenvalue weighted by atomic mass is 10.0. The molecule has 0 bridgehead atoms. The molecule has 0 heterocycles. The summed E-state index contributed by atoms with van der Waals surface area (Å²) in [5.41, 5.74) is 76.9. The number of nitrogens with two attached hydrogens (primary N) is 14. The zero-order valence-corrected chi connectivity index (χ0v) is 39.1. The smallest absolute Gasteiger partial charge is 0.243 e. The van der Waals surface area contributed by atoms with Gasteiger partial charge in [-0.15, -0.1) is 12.4 Å². The Morgan fingerprint density at radius 2 is 0.500 bits per heavy atom. The summed E-state index contributed by atoms with van der Waals surface area (Å²) in [4.78, 5) is 105. The Morgan fingerprint density at radius 1 is 0.309 bits per heavy atom. The van der Waals surface area contributed by atoms with Gasteiger partial charge in [0, 0.05) is 39.3 Å². The van der Waals surface area contributed by atoms with Crippen LogP contribution in [-0.4, -0.2) is 147 Å². The highest BCUT2D eigenvalue weighted by atomic mass is 35.5. The van der Waals surface area contributed by atoms with Crippen molar-refractivity contribution in [2.45, 2.75) is 113 Å². The van der Waals surface area contributed by atoms with Gasteiger partial charge in [-0.1, -0.05) is 0 Å². The van der Waals surface area contributed by atoms with E-state index in [1.54, 1.807) is 0 Å². The third-order valence-electron chi connectivity index (χ3n) is 9.22. The minimum Gasteiger partial charge on any atom is -0.370 e. The summed E-state index contributed by atoms with van der Waals surface area (Å²) in [6.45, 7) is 0.614. The molecule has 0 aliphatic carbocycles. The monoisotopic (exact) mass is 990 g/mol. The van der Waals surface area contributed by atoms with Crippen LogP contribution in [0.1, 0.15) is 77.0 Å². The second-order valence-electron chi connectivity index (χ2n) is 15.0. The van der Waals surface area contributed by atoms with E-state index in [0.717, 1.165) is 0 Å². The number of carbonyl (C=O) groups is 6. The zero-order chi connectivity index (χ0) is 50.9. The summed E-state index contributed by atoms with van der Waals surface area (Å²) >= 11 is 0. The molecular weight excluding hydrogens is 914 g/mol. The van der Waals surface area contributed by atoms with Crippen LogP contribution >= 0.6 is 12.4 Å². The number of amides is 6. The number of primary amides is 1. The van der Waals surface area contributed by atoms with Crippen molar-refractivity contribution < 1.29 is 28.8 Å². The van der Waals surface area contributed by atoms with Crippen molar-refractivity contribution in [2.24, 2.45) is 110 Å². The third-order valence-corrected chi connectivity index (χ3v) is 9.22. The van der Waals surface area contributed by atoms with Crippen LogP contribution in [0.4, 0.5) is 0 Å². The van der Waals surface area contributed by atoms with Crippen LogP contribution in [0, 0.1) is 0 Å². The first-order valence-electron chi connectivity index (χ1n) is 21.4. The molecule has 0 unspecified atom stereocenters. The average molecular weight is 991 g/mol. The second kappa shape index (κ2) is 35.9. The zero-order valence-electron chi connectivity index (χ0n) is 38.3. The highest BCUT2D eigenvalue weighted by Gasteiger charge is 2.32. The van der Waals surface area contributed by atoms with Crippen LogP contribution in [0.15, 0.2) is 30.0 Å². The molecule has 0 rings (SSSR count). The molecule has 388 valence electrons. The number of aliphatic imine (C=N–C) groups is 6. The van der Waals surface area contributed by atoms with E-state index in [2.05, 4.69) is 56.5 Å². The molecule has 6 amide bonds. The number of halogens is 1. The molecular formula is C36H76ClN25O6. The summed E-state index contributed by atoms with van der Waals surface area (Å²) in [6.07, 6.45) is 1.36. The maximum atomic E-state index is 14.2. The molecule has 31 nitrogen and oxygen atoms in total. The number of nitrogens with zero attached hydrogens (tertiary/aromatic N) is 6. The highest BCUT2D eigenvalue weighted by Crippen LogP contribution is 2.09. The van der Waals surface area contributed by atoms with E-state index in [1.165, 1.54) is 0 Å². The predicted octanol–water partition coefficient (Wildman–Crippen LogP) is -9.03. The lowest BCUT2D eigenvalue weighted by Crippen LogP contribution is -2.59. The van der Waals surface area contributed by atoms with Gasteiger partial charge in [-0.05, 0) is 77.0 Å². The Bertz CT molecular complexity index is 1750. The maximum absolute atomic E-state index is 14.2. The second-order valence-corrected chi connectivity index (χ2v) is 15.0. The van der Waals surface area contributed by atoms with Gasteiger partial charge in [0.25, 0.3) is 0 Å². The van der Waals surface area contributed by atoms with Crippen LogP contribution < -0.4 is 107 Å². The van der Waals surface area contributed by atoms with Crippen LogP contribution in [0.5, 0.6) is 0 Å².